The molecule has 0 unspecified atom stereocenters. The average Bonchev–Trinajstić information content (AvgIpc) is 2.82. The van der Waals surface area contributed by atoms with Gasteiger partial charge < -0.3 is 10.0 Å². The second-order valence-corrected chi connectivity index (χ2v) is 4.53. The number of carboxylic acid groups (broad SMARTS) is 1. The number of rotatable bonds is 2. The Morgan fingerprint density at radius 1 is 1.26 bits per heavy atom. The van der Waals surface area contributed by atoms with Crippen molar-refractivity contribution in [2.45, 2.75) is 12.8 Å². The molecule has 0 aliphatic carbocycles. The lowest BCUT2D eigenvalue weighted by Gasteiger charge is -2.29. The fourth-order valence-electron chi connectivity index (χ4n) is 2.37. The minimum absolute atomic E-state index is 0. The Balaban J connectivity index is 0.00000133. The summed E-state index contributed by atoms with van der Waals surface area (Å²) in [6.45, 7) is 1.43. The van der Waals surface area contributed by atoms with Crippen LogP contribution in [0.2, 0.25) is 0 Å². The summed E-state index contributed by atoms with van der Waals surface area (Å²) in [4.78, 5) is 13.0. The summed E-state index contributed by atoms with van der Waals surface area (Å²) in [6, 6.07) is 5.76. The molecule has 0 bridgehead atoms. The highest BCUT2D eigenvalue weighted by Gasteiger charge is 2.26. The average molecular weight is 283 g/mol. The maximum absolute atomic E-state index is 10.9. The third-order valence-corrected chi connectivity index (χ3v) is 3.42. The minimum atomic E-state index is -0.694. The number of hydrogen-bond donors (Lipinski definition) is 1. The van der Waals surface area contributed by atoms with Gasteiger partial charge in [0.1, 0.15) is 0 Å². The number of aromatic nitrogens is 3. The van der Waals surface area contributed by atoms with Crippen LogP contribution in [0.4, 0.5) is 5.95 Å². The van der Waals surface area contributed by atoms with Crippen LogP contribution in [0.25, 0.3) is 5.65 Å². The molecule has 102 valence electrons. The summed E-state index contributed by atoms with van der Waals surface area (Å²) in [5, 5.41) is 17.3. The number of aliphatic carboxylic acids is 1. The van der Waals surface area contributed by atoms with Gasteiger partial charge in [0.25, 0.3) is 0 Å². The van der Waals surface area contributed by atoms with Crippen LogP contribution in [0.1, 0.15) is 12.8 Å². The zero-order valence-electron chi connectivity index (χ0n) is 10.3. The topological polar surface area (TPSA) is 70.7 Å². The van der Waals surface area contributed by atoms with E-state index in [0.29, 0.717) is 25.9 Å². The number of fused-ring (bicyclic) bond motifs is 1. The molecule has 0 aromatic carbocycles. The van der Waals surface area contributed by atoms with Gasteiger partial charge >= 0.3 is 5.97 Å². The van der Waals surface area contributed by atoms with Crippen molar-refractivity contribution in [2.75, 3.05) is 18.0 Å². The van der Waals surface area contributed by atoms with Crippen LogP contribution >= 0.6 is 12.4 Å². The molecule has 1 saturated heterocycles. The number of hydrogen-bond acceptors (Lipinski definition) is 4. The van der Waals surface area contributed by atoms with E-state index in [1.807, 2.05) is 28.8 Å². The van der Waals surface area contributed by atoms with Gasteiger partial charge in [0.05, 0.1) is 5.92 Å². The van der Waals surface area contributed by atoms with Crippen molar-refractivity contribution in [3.63, 3.8) is 0 Å². The molecule has 0 radical (unpaired) electrons. The van der Waals surface area contributed by atoms with Crippen molar-refractivity contribution < 1.29 is 9.90 Å². The Bertz CT molecular complexity index is 578. The number of halogens is 1. The number of carbonyl (C=O) groups is 1. The molecule has 1 fully saturated rings. The van der Waals surface area contributed by atoms with Gasteiger partial charge in [-0.15, -0.1) is 22.6 Å². The summed E-state index contributed by atoms with van der Waals surface area (Å²) in [7, 11) is 0. The van der Waals surface area contributed by atoms with Crippen LogP contribution in [0.5, 0.6) is 0 Å². The van der Waals surface area contributed by atoms with E-state index < -0.39 is 5.97 Å². The highest BCUT2D eigenvalue weighted by Crippen LogP contribution is 2.22. The lowest BCUT2D eigenvalue weighted by atomic mass is 9.97. The zero-order chi connectivity index (χ0) is 12.5. The molecule has 2 aromatic rings. The molecule has 0 amide bonds. The summed E-state index contributed by atoms with van der Waals surface area (Å²) in [5.41, 5.74) is 0.813. The second kappa shape index (κ2) is 5.44. The maximum atomic E-state index is 10.9. The number of piperidine rings is 1. The molecule has 1 aliphatic rings. The van der Waals surface area contributed by atoms with Crippen LogP contribution in [0.3, 0.4) is 0 Å². The molecule has 3 heterocycles. The van der Waals surface area contributed by atoms with Gasteiger partial charge in [0.15, 0.2) is 5.65 Å². The fraction of sp³-hybridized carbons (Fsp3) is 0.417. The van der Waals surface area contributed by atoms with Crippen LogP contribution in [-0.2, 0) is 4.79 Å². The van der Waals surface area contributed by atoms with Crippen LogP contribution in [0, 0.1) is 5.92 Å². The van der Waals surface area contributed by atoms with E-state index in [2.05, 4.69) is 15.1 Å². The van der Waals surface area contributed by atoms with Gasteiger partial charge in [-0.1, -0.05) is 6.07 Å². The largest absolute Gasteiger partial charge is 0.481 e. The molecule has 0 spiro atoms. The molecule has 1 aliphatic heterocycles. The van der Waals surface area contributed by atoms with E-state index in [1.165, 1.54) is 0 Å². The third-order valence-electron chi connectivity index (χ3n) is 3.42. The van der Waals surface area contributed by atoms with Gasteiger partial charge in [-0.2, -0.15) is 0 Å². The van der Waals surface area contributed by atoms with Crippen molar-refractivity contribution in [1.29, 1.82) is 0 Å². The fourth-order valence-corrected chi connectivity index (χ4v) is 2.37. The number of anilines is 1. The van der Waals surface area contributed by atoms with Crippen molar-refractivity contribution >= 4 is 30.0 Å². The highest BCUT2D eigenvalue weighted by atomic mass is 35.5. The van der Waals surface area contributed by atoms with Crippen molar-refractivity contribution in [2.24, 2.45) is 5.92 Å². The number of pyridine rings is 1. The monoisotopic (exact) mass is 282 g/mol. The Kier molecular flexibility index (Phi) is 3.90. The SMILES string of the molecule is Cl.O=C(O)C1CCN(c2nnc3ccccn23)CC1. The van der Waals surface area contributed by atoms with E-state index in [-0.39, 0.29) is 18.3 Å². The molecule has 6 nitrogen and oxygen atoms in total. The van der Waals surface area contributed by atoms with Gasteiger partial charge in [0.2, 0.25) is 5.95 Å². The highest BCUT2D eigenvalue weighted by molar-refractivity contribution is 5.85. The zero-order valence-corrected chi connectivity index (χ0v) is 11.1. The molecule has 1 N–H and O–H groups in total. The number of nitrogens with zero attached hydrogens (tertiary/aromatic N) is 4. The smallest absolute Gasteiger partial charge is 0.306 e. The van der Waals surface area contributed by atoms with E-state index in [1.54, 1.807) is 0 Å². The first-order valence-electron chi connectivity index (χ1n) is 6.03. The molecular weight excluding hydrogens is 268 g/mol. The predicted molar refractivity (Wildman–Crippen MR) is 72.8 cm³/mol. The molecule has 0 saturated carbocycles. The van der Waals surface area contributed by atoms with Gasteiger partial charge in [-0.05, 0) is 25.0 Å². The number of carboxylic acids is 1. The molecule has 0 atom stereocenters. The first kappa shape index (κ1) is 13.6. The van der Waals surface area contributed by atoms with E-state index >= 15 is 0 Å². The Hall–Kier alpha value is -1.82. The molecule has 2 aromatic heterocycles. The van der Waals surface area contributed by atoms with Gasteiger partial charge in [-0.25, -0.2) is 0 Å². The van der Waals surface area contributed by atoms with E-state index in [0.717, 1.165) is 11.6 Å². The second-order valence-electron chi connectivity index (χ2n) is 4.53. The summed E-state index contributed by atoms with van der Waals surface area (Å²) in [5.74, 6) is -0.115. The van der Waals surface area contributed by atoms with Crippen LogP contribution in [-0.4, -0.2) is 38.8 Å². The van der Waals surface area contributed by atoms with Gasteiger partial charge in [-0.3, -0.25) is 9.20 Å². The summed E-state index contributed by atoms with van der Waals surface area (Å²) in [6.07, 6.45) is 3.25. The first-order valence-corrected chi connectivity index (χ1v) is 6.03. The summed E-state index contributed by atoms with van der Waals surface area (Å²) >= 11 is 0. The van der Waals surface area contributed by atoms with Crippen molar-refractivity contribution in [3.05, 3.63) is 24.4 Å². The predicted octanol–water partition coefficient (Wildman–Crippen LogP) is 1.45. The molecular formula is C12H15ClN4O2. The van der Waals surface area contributed by atoms with Crippen LogP contribution < -0.4 is 4.90 Å². The Labute approximate surface area is 116 Å². The van der Waals surface area contributed by atoms with E-state index in [4.69, 9.17) is 5.11 Å². The quantitative estimate of drug-likeness (QED) is 0.903. The standard InChI is InChI=1S/C12H14N4O2.ClH/c17-11(18)9-4-7-15(8-5-9)12-14-13-10-3-1-2-6-16(10)12;/h1-3,6,9H,4-5,7-8H2,(H,17,18);1H. The molecule has 19 heavy (non-hydrogen) atoms. The Morgan fingerprint density at radius 3 is 2.68 bits per heavy atom. The lowest BCUT2D eigenvalue weighted by Crippen LogP contribution is -2.37. The molecule has 3 rings (SSSR count). The third kappa shape index (κ3) is 2.49. The van der Waals surface area contributed by atoms with Crippen molar-refractivity contribution in [3.8, 4) is 0 Å². The normalized spacial score (nSPS) is 16.3. The lowest BCUT2D eigenvalue weighted by molar-refractivity contribution is -0.142. The molecule has 7 heteroatoms. The minimum Gasteiger partial charge on any atom is -0.481 e. The van der Waals surface area contributed by atoms with Crippen LogP contribution in [0.15, 0.2) is 24.4 Å². The first-order chi connectivity index (χ1) is 8.75. The maximum Gasteiger partial charge on any atom is 0.306 e. The van der Waals surface area contributed by atoms with E-state index in [9.17, 15) is 4.79 Å². The van der Waals surface area contributed by atoms with Crippen molar-refractivity contribution in [1.82, 2.24) is 14.6 Å². The Morgan fingerprint density at radius 2 is 2.00 bits per heavy atom. The summed E-state index contributed by atoms with van der Waals surface area (Å²) < 4.78 is 1.93. The van der Waals surface area contributed by atoms with Gasteiger partial charge in [0, 0.05) is 19.3 Å².